The third-order valence-electron chi connectivity index (χ3n) is 2.33. The van der Waals surface area contributed by atoms with Crippen molar-refractivity contribution in [2.75, 3.05) is 26.9 Å². The van der Waals surface area contributed by atoms with E-state index in [1.807, 2.05) is 7.05 Å². The lowest BCUT2D eigenvalue weighted by Crippen LogP contribution is -2.12. The lowest BCUT2D eigenvalue weighted by Gasteiger charge is -2.12. The summed E-state index contributed by atoms with van der Waals surface area (Å²) in [4.78, 5) is 0. The molecule has 0 saturated carbocycles. The molecule has 0 spiro atoms. The van der Waals surface area contributed by atoms with Gasteiger partial charge in [-0.25, -0.2) is 4.39 Å². The fourth-order valence-corrected chi connectivity index (χ4v) is 1.55. The number of hydrogen-bond donors (Lipinski definition) is 1. The zero-order chi connectivity index (χ0) is 13.4. The van der Waals surface area contributed by atoms with Crippen molar-refractivity contribution in [1.82, 2.24) is 5.32 Å². The molecule has 0 aliphatic carbocycles. The second-order valence-corrected chi connectivity index (χ2v) is 4.60. The van der Waals surface area contributed by atoms with Crippen molar-refractivity contribution in [3.05, 3.63) is 29.6 Å². The van der Waals surface area contributed by atoms with E-state index in [1.54, 1.807) is 6.07 Å². The van der Waals surface area contributed by atoms with E-state index >= 15 is 0 Å². The third kappa shape index (κ3) is 5.47. The molecule has 0 atom stereocenters. The largest absolute Gasteiger partial charge is 0.491 e. The summed E-state index contributed by atoms with van der Waals surface area (Å²) in [7, 11) is 1.82. The average molecular weight is 255 g/mol. The van der Waals surface area contributed by atoms with E-state index in [-0.39, 0.29) is 5.82 Å². The Bertz CT molecular complexity index is 356. The molecule has 0 aliphatic heterocycles. The predicted octanol–water partition coefficient (Wildman–Crippen LogP) is 2.60. The zero-order valence-corrected chi connectivity index (χ0v) is 11.3. The molecule has 102 valence electrons. The van der Waals surface area contributed by atoms with E-state index < -0.39 is 0 Å². The van der Waals surface area contributed by atoms with E-state index in [2.05, 4.69) is 19.2 Å². The van der Waals surface area contributed by atoms with E-state index in [1.165, 1.54) is 12.1 Å². The van der Waals surface area contributed by atoms with Crippen molar-refractivity contribution in [3.8, 4) is 5.75 Å². The molecular formula is C14H22FNO2. The molecule has 0 saturated heterocycles. The van der Waals surface area contributed by atoms with Gasteiger partial charge in [0.05, 0.1) is 6.61 Å². The van der Waals surface area contributed by atoms with Crippen LogP contribution in [0.25, 0.3) is 0 Å². The molecule has 0 aliphatic rings. The molecule has 18 heavy (non-hydrogen) atoms. The van der Waals surface area contributed by atoms with Crippen molar-refractivity contribution in [2.45, 2.75) is 20.4 Å². The fraction of sp³-hybridized carbons (Fsp3) is 0.571. The smallest absolute Gasteiger partial charge is 0.124 e. The summed E-state index contributed by atoms with van der Waals surface area (Å²) >= 11 is 0. The first-order chi connectivity index (χ1) is 8.63. The number of rotatable bonds is 8. The minimum absolute atomic E-state index is 0.247. The predicted molar refractivity (Wildman–Crippen MR) is 70.3 cm³/mol. The van der Waals surface area contributed by atoms with Gasteiger partial charge in [0.15, 0.2) is 0 Å². The van der Waals surface area contributed by atoms with Crippen LogP contribution >= 0.6 is 0 Å². The molecular weight excluding hydrogens is 233 g/mol. The standard InChI is InChI=1S/C14H22FNO2/c1-11(2)10-17-6-7-18-14-5-4-13(15)8-12(14)9-16-3/h4-5,8,11,16H,6-7,9-10H2,1-3H3. The molecule has 3 nitrogen and oxygen atoms in total. The number of ether oxygens (including phenoxy) is 2. The first-order valence-corrected chi connectivity index (χ1v) is 6.27. The quantitative estimate of drug-likeness (QED) is 0.724. The van der Waals surface area contributed by atoms with E-state index in [0.717, 1.165) is 12.2 Å². The van der Waals surface area contributed by atoms with Crippen LogP contribution in [0.4, 0.5) is 4.39 Å². The first kappa shape index (κ1) is 14.9. The lowest BCUT2D eigenvalue weighted by molar-refractivity contribution is 0.0816. The summed E-state index contributed by atoms with van der Waals surface area (Å²) < 4.78 is 24.1. The molecule has 0 aromatic heterocycles. The van der Waals surface area contributed by atoms with Gasteiger partial charge in [-0.15, -0.1) is 0 Å². The highest BCUT2D eigenvalue weighted by atomic mass is 19.1. The van der Waals surface area contributed by atoms with Crippen LogP contribution in [0.15, 0.2) is 18.2 Å². The summed E-state index contributed by atoms with van der Waals surface area (Å²) in [6.07, 6.45) is 0. The van der Waals surface area contributed by atoms with Gasteiger partial charge in [-0.3, -0.25) is 0 Å². The Morgan fingerprint density at radius 1 is 1.28 bits per heavy atom. The van der Waals surface area contributed by atoms with E-state index in [9.17, 15) is 4.39 Å². The van der Waals surface area contributed by atoms with Crippen molar-refractivity contribution < 1.29 is 13.9 Å². The highest BCUT2D eigenvalue weighted by molar-refractivity contribution is 5.33. The van der Waals surface area contributed by atoms with Gasteiger partial charge in [0, 0.05) is 18.7 Å². The maximum Gasteiger partial charge on any atom is 0.124 e. The Balaban J connectivity index is 2.41. The highest BCUT2D eigenvalue weighted by Crippen LogP contribution is 2.19. The molecule has 1 N–H and O–H groups in total. The van der Waals surface area contributed by atoms with E-state index in [0.29, 0.717) is 31.4 Å². The molecule has 1 aromatic carbocycles. The SMILES string of the molecule is CNCc1cc(F)ccc1OCCOCC(C)C. The molecule has 1 rings (SSSR count). The van der Waals surface area contributed by atoms with Gasteiger partial charge in [-0.1, -0.05) is 13.8 Å². The molecule has 4 heteroatoms. The van der Waals surface area contributed by atoms with Crippen LogP contribution in [-0.4, -0.2) is 26.9 Å². The Morgan fingerprint density at radius 3 is 2.72 bits per heavy atom. The van der Waals surface area contributed by atoms with Crippen LogP contribution < -0.4 is 10.1 Å². The number of hydrogen-bond acceptors (Lipinski definition) is 3. The number of nitrogens with one attached hydrogen (secondary N) is 1. The molecule has 0 bridgehead atoms. The molecule has 0 radical (unpaired) electrons. The van der Waals surface area contributed by atoms with Crippen molar-refractivity contribution >= 4 is 0 Å². The Hall–Kier alpha value is -1.13. The number of halogens is 1. The average Bonchev–Trinajstić information content (AvgIpc) is 2.31. The fourth-order valence-electron chi connectivity index (χ4n) is 1.55. The third-order valence-corrected chi connectivity index (χ3v) is 2.33. The van der Waals surface area contributed by atoms with Gasteiger partial charge in [0.25, 0.3) is 0 Å². The second kappa shape index (κ2) is 8.06. The molecule has 0 unspecified atom stereocenters. The van der Waals surface area contributed by atoms with Crippen molar-refractivity contribution in [2.24, 2.45) is 5.92 Å². The van der Waals surface area contributed by atoms with Crippen LogP contribution in [0.2, 0.25) is 0 Å². The maximum atomic E-state index is 13.1. The molecule has 1 aromatic rings. The van der Waals surface area contributed by atoms with Crippen LogP contribution in [-0.2, 0) is 11.3 Å². The van der Waals surface area contributed by atoms with Gasteiger partial charge in [-0.05, 0) is 31.2 Å². The maximum absolute atomic E-state index is 13.1. The van der Waals surface area contributed by atoms with Crippen LogP contribution in [0, 0.1) is 11.7 Å². The first-order valence-electron chi connectivity index (χ1n) is 6.27. The minimum Gasteiger partial charge on any atom is -0.491 e. The van der Waals surface area contributed by atoms with Crippen molar-refractivity contribution in [1.29, 1.82) is 0 Å². The normalized spacial score (nSPS) is 10.9. The summed E-state index contributed by atoms with van der Waals surface area (Å²) in [6.45, 7) is 6.55. The highest BCUT2D eigenvalue weighted by Gasteiger charge is 2.04. The summed E-state index contributed by atoms with van der Waals surface area (Å²) in [5.41, 5.74) is 0.821. The van der Waals surface area contributed by atoms with Crippen LogP contribution in [0.5, 0.6) is 5.75 Å². The summed E-state index contributed by atoms with van der Waals surface area (Å²) in [6, 6.07) is 4.55. The van der Waals surface area contributed by atoms with Gasteiger partial charge >= 0.3 is 0 Å². The second-order valence-electron chi connectivity index (χ2n) is 4.60. The zero-order valence-electron chi connectivity index (χ0n) is 11.3. The monoisotopic (exact) mass is 255 g/mol. The molecule has 0 amide bonds. The molecule has 0 fully saturated rings. The van der Waals surface area contributed by atoms with Crippen LogP contribution in [0.1, 0.15) is 19.4 Å². The molecule has 0 heterocycles. The van der Waals surface area contributed by atoms with Gasteiger partial charge in [0.1, 0.15) is 18.2 Å². The summed E-state index contributed by atoms with van der Waals surface area (Å²) in [5.74, 6) is 0.984. The van der Waals surface area contributed by atoms with Crippen LogP contribution in [0.3, 0.4) is 0 Å². The Morgan fingerprint density at radius 2 is 2.06 bits per heavy atom. The topological polar surface area (TPSA) is 30.5 Å². The van der Waals surface area contributed by atoms with Gasteiger partial charge in [0.2, 0.25) is 0 Å². The van der Waals surface area contributed by atoms with Gasteiger partial charge < -0.3 is 14.8 Å². The van der Waals surface area contributed by atoms with Crippen molar-refractivity contribution in [3.63, 3.8) is 0 Å². The summed E-state index contributed by atoms with van der Waals surface area (Å²) in [5, 5.41) is 2.99. The minimum atomic E-state index is -0.247. The number of benzene rings is 1. The Kier molecular flexibility index (Phi) is 6.68. The lowest BCUT2D eigenvalue weighted by atomic mass is 10.2. The van der Waals surface area contributed by atoms with Gasteiger partial charge in [-0.2, -0.15) is 0 Å². The van der Waals surface area contributed by atoms with E-state index in [4.69, 9.17) is 9.47 Å². The Labute approximate surface area is 108 Å².